The second-order valence-electron chi connectivity index (χ2n) is 9.02. The van der Waals surface area contributed by atoms with Gasteiger partial charge in [0.1, 0.15) is 11.4 Å². The summed E-state index contributed by atoms with van der Waals surface area (Å²) in [5, 5.41) is 0.120. The molecule has 2 aliphatic carbocycles. The SMILES string of the molecule is CC(C)(C)[Si](C)(C)O[C@@H]1C[C@]2(C)OC(=O)[C@H]3CCC(=O)[C@@H]2[C@H]31. The van der Waals surface area contributed by atoms with Gasteiger partial charge in [0.25, 0.3) is 0 Å². The van der Waals surface area contributed by atoms with E-state index in [0.717, 1.165) is 0 Å². The van der Waals surface area contributed by atoms with E-state index in [-0.39, 0.29) is 40.6 Å². The summed E-state index contributed by atoms with van der Waals surface area (Å²) in [6, 6.07) is 0. The first-order valence-electron chi connectivity index (χ1n) is 8.40. The maximum atomic E-state index is 12.5. The average molecular weight is 324 g/mol. The Morgan fingerprint density at radius 3 is 2.50 bits per heavy atom. The van der Waals surface area contributed by atoms with Crippen LogP contribution in [0.2, 0.25) is 18.1 Å². The smallest absolute Gasteiger partial charge is 0.309 e. The molecular formula is C17H28O4Si. The summed E-state index contributed by atoms with van der Waals surface area (Å²) in [5.74, 6) is -0.122. The Hall–Kier alpha value is -0.683. The molecule has 0 aromatic rings. The fraction of sp³-hybridized carbons (Fsp3) is 0.882. The van der Waals surface area contributed by atoms with Crippen molar-refractivity contribution in [1.82, 2.24) is 0 Å². The number of ether oxygens (including phenoxy) is 1. The molecule has 0 unspecified atom stereocenters. The molecule has 0 aromatic heterocycles. The quantitative estimate of drug-likeness (QED) is 0.577. The molecule has 4 nitrogen and oxygen atoms in total. The van der Waals surface area contributed by atoms with Crippen molar-refractivity contribution in [3.8, 4) is 0 Å². The molecule has 2 saturated carbocycles. The van der Waals surface area contributed by atoms with Crippen molar-refractivity contribution in [2.24, 2.45) is 17.8 Å². The summed E-state index contributed by atoms with van der Waals surface area (Å²) in [4.78, 5) is 24.8. The van der Waals surface area contributed by atoms with Gasteiger partial charge in [-0.15, -0.1) is 0 Å². The van der Waals surface area contributed by atoms with Gasteiger partial charge < -0.3 is 9.16 Å². The molecule has 0 aromatic carbocycles. The lowest BCUT2D eigenvalue weighted by molar-refractivity contribution is -0.187. The third-order valence-electron chi connectivity index (χ3n) is 6.48. The van der Waals surface area contributed by atoms with Gasteiger partial charge in [-0.3, -0.25) is 9.59 Å². The highest BCUT2D eigenvalue weighted by molar-refractivity contribution is 6.74. The maximum Gasteiger partial charge on any atom is 0.309 e. The van der Waals surface area contributed by atoms with Crippen LogP contribution in [0.1, 0.15) is 47.0 Å². The van der Waals surface area contributed by atoms with Crippen molar-refractivity contribution in [1.29, 1.82) is 0 Å². The molecular weight excluding hydrogens is 296 g/mol. The summed E-state index contributed by atoms with van der Waals surface area (Å²) in [6.07, 6.45) is 1.80. The van der Waals surface area contributed by atoms with Gasteiger partial charge in [-0.1, -0.05) is 20.8 Å². The van der Waals surface area contributed by atoms with Gasteiger partial charge >= 0.3 is 5.97 Å². The molecule has 1 heterocycles. The van der Waals surface area contributed by atoms with Crippen molar-refractivity contribution in [2.45, 2.75) is 76.8 Å². The van der Waals surface area contributed by atoms with Crippen LogP contribution >= 0.6 is 0 Å². The Bertz CT molecular complexity index is 519. The largest absolute Gasteiger partial charge is 0.458 e. The summed E-state index contributed by atoms with van der Waals surface area (Å²) in [5.41, 5.74) is -0.650. The predicted octanol–water partition coefficient (Wildman–Crippen LogP) is 3.31. The Morgan fingerprint density at radius 2 is 1.91 bits per heavy atom. The van der Waals surface area contributed by atoms with Crippen molar-refractivity contribution in [3.63, 3.8) is 0 Å². The van der Waals surface area contributed by atoms with Gasteiger partial charge in [0, 0.05) is 18.8 Å². The van der Waals surface area contributed by atoms with Crippen LogP contribution in [0.25, 0.3) is 0 Å². The number of carbonyl (C=O) groups is 2. The Balaban J connectivity index is 1.93. The molecule has 22 heavy (non-hydrogen) atoms. The van der Waals surface area contributed by atoms with Crippen LogP contribution in [-0.2, 0) is 18.8 Å². The number of Topliss-reactive ketones (excluding diaryl/α,β-unsaturated/α-hetero) is 1. The first kappa shape index (κ1) is 16.2. The Morgan fingerprint density at radius 1 is 1.27 bits per heavy atom. The molecule has 1 aliphatic heterocycles. The fourth-order valence-electron chi connectivity index (χ4n) is 4.34. The molecule has 0 N–H and O–H groups in total. The normalized spacial score (nSPS) is 41.5. The van der Waals surface area contributed by atoms with E-state index < -0.39 is 13.9 Å². The molecule has 3 aliphatic rings. The second-order valence-corrected chi connectivity index (χ2v) is 13.8. The minimum absolute atomic E-state index is 0.0170. The van der Waals surface area contributed by atoms with Gasteiger partial charge in [-0.2, -0.15) is 0 Å². The van der Waals surface area contributed by atoms with E-state index in [4.69, 9.17) is 9.16 Å². The van der Waals surface area contributed by atoms with Crippen LogP contribution in [0.15, 0.2) is 0 Å². The van der Waals surface area contributed by atoms with E-state index in [0.29, 0.717) is 19.3 Å². The lowest BCUT2D eigenvalue weighted by Crippen LogP contribution is -2.54. The molecule has 3 fully saturated rings. The molecule has 0 radical (unpaired) electrons. The summed E-state index contributed by atoms with van der Waals surface area (Å²) in [6.45, 7) is 13.0. The fourth-order valence-corrected chi connectivity index (χ4v) is 5.69. The van der Waals surface area contributed by atoms with E-state index in [2.05, 4.69) is 33.9 Å². The first-order valence-corrected chi connectivity index (χ1v) is 11.3. The minimum atomic E-state index is -1.93. The Labute approximate surface area is 134 Å². The lowest BCUT2D eigenvalue weighted by Gasteiger charge is -2.45. The van der Waals surface area contributed by atoms with Gasteiger partial charge in [-0.05, 0) is 31.5 Å². The predicted molar refractivity (Wildman–Crippen MR) is 85.9 cm³/mol. The van der Waals surface area contributed by atoms with Crippen molar-refractivity contribution < 1.29 is 18.8 Å². The van der Waals surface area contributed by atoms with Crippen LogP contribution in [-0.4, -0.2) is 31.8 Å². The zero-order valence-electron chi connectivity index (χ0n) is 14.6. The summed E-state index contributed by atoms with van der Waals surface area (Å²) >= 11 is 0. The van der Waals surface area contributed by atoms with Crippen LogP contribution in [0.3, 0.4) is 0 Å². The molecule has 5 heteroatoms. The third-order valence-corrected chi connectivity index (χ3v) is 11.0. The number of hydrogen-bond donors (Lipinski definition) is 0. The highest BCUT2D eigenvalue weighted by Crippen LogP contribution is 2.57. The Kier molecular flexibility index (Phi) is 3.43. The van der Waals surface area contributed by atoms with Crippen LogP contribution in [0.4, 0.5) is 0 Å². The van der Waals surface area contributed by atoms with Crippen LogP contribution < -0.4 is 0 Å². The monoisotopic (exact) mass is 324 g/mol. The zero-order valence-corrected chi connectivity index (χ0v) is 15.6. The topological polar surface area (TPSA) is 52.6 Å². The van der Waals surface area contributed by atoms with E-state index in [9.17, 15) is 9.59 Å². The molecule has 0 amide bonds. The van der Waals surface area contributed by atoms with Crippen molar-refractivity contribution in [3.05, 3.63) is 0 Å². The lowest BCUT2D eigenvalue weighted by atomic mass is 9.67. The van der Waals surface area contributed by atoms with Gasteiger partial charge in [0.05, 0.1) is 17.9 Å². The van der Waals surface area contributed by atoms with E-state index in [1.165, 1.54) is 0 Å². The van der Waals surface area contributed by atoms with Crippen molar-refractivity contribution in [2.75, 3.05) is 0 Å². The number of rotatable bonds is 2. The van der Waals surface area contributed by atoms with Crippen molar-refractivity contribution >= 4 is 20.1 Å². The number of hydrogen-bond acceptors (Lipinski definition) is 4. The standard InChI is InChI=1S/C17H28O4Si/c1-16(2,3)22(5,6)21-12-9-17(4)14-11(18)8-7-10(13(12)14)15(19)20-17/h10,12-14H,7-9H2,1-6H3/t10-,12+,13+,14+,17-/m0/s1. The maximum absolute atomic E-state index is 12.5. The second kappa shape index (κ2) is 4.66. The van der Waals surface area contributed by atoms with E-state index in [1.54, 1.807) is 0 Å². The molecule has 4 bridgehead atoms. The van der Waals surface area contributed by atoms with Crippen LogP contribution in [0.5, 0.6) is 0 Å². The third kappa shape index (κ3) is 2.20. The molecule has 5 atom stereocenters. The van der Waals surface area contributed by atoms with E-state index in [1.807, 2.05) is 6.92 Å². The van der Waals surface area contributed by atoms with Gasteiger partial charge in [0.2, 0.25) is 0 Å². The van der Waals surface area contributed by atoms with E-state index >= 15 is 0 Å². The van der Waals surface area contributed by atoms with Crippen LogP contribution in [0, 0.1) is 17.8 Å². The number of carbonyl (C=O) groups excluding carboxylic acids is 2. The highest BCUT2D eigenvalue weighted by atomic mass is 28.4. The molecule has 3 rings (SSSR count). The molecule has 0 spiro atoms. The minimum Gasteiger partial charge on any atom is -0.458 e. The number of ketones is 1. The van der Waals surface area contributed by atoms with Gasteiger partial charge in [0.15, 0.2) is 8.32 Å². The molecule has 1 saturated heterocycles. The van der Waals surface area contributed by atoms with Gasteiger partial charge in [-0.25, -0.2) is 0 Å². The number of esters is 1. The zero-order chi connectivity index (χ0) is 16.5. The summed E-state index contributed by atoms with van der Waals surface area (Å²) < 4.78 is 12.3. The summed E-state index contributed by atoms with van der Waals surface area (Å²) in [7, 11) is -1.93. The highest BCUT2D eigenvalue weighted by Gasteiger charge is 2.66. The molecule has 124 valence electrons. The average Bonchev–Trinajstić information content (AvgIpc) is 2.55. The first-order chi connectivity index (χ1) is 9.96.